The Balaban J connectivity index is 1.53. The van der Waals surface area contributed by atoms with E-state index in [1.807, 2.05) is 6.92 Å². The van der Waals surface area contributed by atoms with Gasteiger partial charge in [0.1, 0.15) is 0 Å². The van der Waals surface area contributed by atoms with Gasteiger partial charge in [0, 0.05) is 0 Å². The van der Waals surface area contributed by atoms with Crippen molar-refractivity contribution in [1.82, 2.24) is 0 Å². The maximum atomic E-state index is 12.0. The Kier molecular flexibility index (Phi) is 6.07. The molecular weight excluding hydrogens is 376 g/mol. The van der Waals surface area contributed by atoms with Crippen LogP contribution in [-0.4, -0.2) is 35.5 Å². The fourth-order valence-electron chi connectivity index (χ4n) is 9.19. The van der Waals surface area contributed by atoms with E-state index < -0.39 is 0 Å². The van der Waals surface area contributed by atoms with Crippen LogP contribution in [-0.2, 0) is 9.53 Å². The molecule has 4 fully saturated rings. The van der Waals surface area contributed by atoms with Crippen molar-refractivity contribution in [2.75, 3.05) is 7.11 Å². The molecule has 0 heterocycles. The number of hydrogen-bond donors (Lipinski definition) is 2. The van der Waals surface area contributed by atoms with Gasteiger partial charge in [0.05, 0.1) is 25.2 Å². The molecule has 0 spiro atoms. The van der Waals surface area contributed by atoms with E-state index in [1.54, 1.807) is 0 Å². The van der Waals surface area contributed by atoms with Crippen molar-refractivity contribution in [2.45, 2.75) is 97.7 Å². The fraction of sp³-hybridized carbons (Fsp3) is 0.962. The number of carbonyl (C=O) groups is 1. The lowest BCUT2D eigenvalue weighted by Crippen LogP contribution is -2.58. The van der Waals surface area contributed by atoms with Crippen molar-refractivity contribution >= 4 is 5.97 Å². The second-order valence-electron chi connectivity index (χ2n) is 12.1. The molecule has 0 aromatic carbocycles. The monoisotopic (exact) mass is 420 g/mol. The predicted octanol–water partition coefficient (Wildman–Crippen LogP) is 4.81. The highest BCUT2D eigenvalue weighted by atomic mass is 16.5. The Bertz CT molecular complexity index is 649. The quantitative estimate of drug-likeness (QED) is 0.640. The van der Waals surface area contributed by atoms with Crippen LogP contribution < -0.4 is 0 Å². The van der Waals surface area contributed by atoms with E-state index in [1.165, 1.54) is 32.8 Å². The second kappa shape index (κ2) is 8.06. The third-order valence-electron chi connectivity index (χ3n) is 10.7. The van der Waals surface area contributed by atoms with Crippen LogP contribution in [0, 0.1) is 52.3 Å². The molecule has 30 heavy (non-hydrogen) atoms. The van der Waals surface area contributed by atoms with Crippen LogP contribution in [0.5, 0.6) is 0 Å². The van der Waals surface area contributed by atoms with E-state index in [0.717, 1.165) is 32.1 Å². The standard InChI is InChI=1S/C26H44O4/c1-15(12-16(2)24(29)30-5)19-6-7-20-23-21(9-11-26(19,20)4)25(3)10-8-18(27)13-17(25)14-22(23)28/h15-23,27-28H,6-14H2,1-5H3/t15-,16?,17+,18-,19?,20?,21?,22?,23?,25+,26-/m1/s1. The molecule has 4 aliphatic rings. The number of methoxy groups -OCH3 is 1. The van der Waals surface area contributed by atoms with Gasteiger partial charge in [-0.25, -0.2) is 0 Å². The lowest BCUT2D eigenvalue weighted by Gasteiger charge is -2.62. The van der Waals surface area contributed by atoms with Crippen LogP contribution in [0.2, 0.25) is 0 Å². The minimum Gasteiger partial charge on any atom is -0.469 e. The highest BCUT2D eigenvalue weighted by Gasteiger charge is 2.62. The Morgan fingerprint density at radius 3 is 2.37 bits per heavy atom. The Morgan fingerprint density at radius 1 is 1.00 bits per heavy atom. The first kappa shape index (κ1) is 22.6. The normalized spacial score (nSPS) is 50.0. The van der Waals surface area contributed by atoms with E-state index in [-0.39, 0.29) is 34.9 Å². The molecule has 0 saturated heterocycles. The molecule has 0 aromatic heterocycles. The van der Waals surface area contributed by atoms with Gasteiger partial charge in [-0.1, -0.05) is 27.7 Å². The molecule has 4 aliphatic carbocycles. The molecule has 4 nitrogen and oxygen atoms in total. The molecule has 172 valence electrons. The molecule has 4 rings (SSSR count). The van der Waals surface area contributed by atoms with Crippen LogP contribution in [0.3, 0.4) is 0 Å². The van der Waals surface area contributed by atoms with Crippen molar-refractivity contribution in [1.29, 1.82) is 0 Å². The summed E-state index contributed by atoms with van der Waals surface area (Å²) in [7, 11) is 1.49. The zero-order valence-corrected chi connectivity index (χ0v) is 19.8. The van der Waals surface area contributed by atoms with Crippen LogP contribution in [0.25, 0.3) is 0 Å². The molecule has 2 N–H and O–H groups in total. The number of aliphatic hydroxyl groups excluding tert-OH is 2. The molecule has 0 aliphatic heterocycles. The van der Waals surface area contributed by atoms with Gasteiger partial charge in [-0.2, -0.15) is 0 Å². The highest BCUT2D eigenvalue weighted by Crippen LogP contribution is 2.68. The summed E-state index contributed by atoms with van der Waals surface area (Å²) >= 11 is 0. The molecular formula is C26H44O4. The number of rotatable bonds is 4. The van der Waals surface area contributed by atoms with Gasteiger partial charge in [-0.3, -0.25) is 4.79 Å². The summed E-state index contributed by atoms with van der Waals surface area (Å²) in [5.74, 6) is 3.07. The van der Waals surface area contributed by atoms with Crippen LogP contribution >= 0.6 is 0 Å². The zero-order chi connectivity index (χ0) is 21.8. The smallest absolute Gasteiger partial charge is 0.308 e. The largest absolute Gasteiger partial charge is 0.469 e. The van der Waals surface area contributed by atoms with Crippen LogP contribution in [0.1, 0.15) is 85.5 Å². The van der Waals surface area contributed by atoms with Crippen LogP contribution in [0.15, 0.2) is 0 Å². The summed E-state index contributed by atoms with van der Waals surface area (Å²) in [6.45, 7) is 9.30. The topological polar surface area (TPSA) is 66.8 Å². The SMILES string of the molecule is COC(=O)C(C)C[C@@H](C)C1CCC2C3C(O)C[C@@H]4C[C@H](O)CC[C@]4(C)C3CC[C@@]21C. The van der Waals surface area contributed by atoms with E-state index in [4.69, 9.17) is 4.74 Å². The highest BCUT2D eigenvalue weighted by molar-refractivity contribution is 5.71. The number of aliphatic hydroxyl groups is 2. The van der Waals surface area contributed by atoms with Gasteiger partial charge in [0.2, 0.25) is 0 Å². The van der Waals surface area contributed by atoms with Gasteiger partial charge in [-0.05, 0) is 104 Å². The maximum Gasteiger partial charge on any atom is 0.308 e. The minimum absolute atomic E-state index is 0.0439. The molecule has 0 aromatic rings. The lowest BCUT2D eigenvalue weighted by molar-refractivity contribution is -0.174. The molecule has 4 heteroatoms. The maximum absolute atomic E-state index is 12.0. The number of hydrogen-bond acceptors (Lipinski definition) is 4. The van der Waals surface area contributed by atoms with Gasteiger partial charge >= 0.3 is 5.97 Å². The van der Waals surface area contributed by atoms with E-state index in [0.29, 0.717) is 35.5 Å². The zero-order valence-electron chi connectivity index (χ0n) is 19.8. The number of carbonyl (C=O) groups excluding carboxylic acids is 1. The number of esters is 1. The first-order chi connectivity index (χ1) is 14.1. The predicted molar refractivity (Wildman–Crippen MR) is 118 cm³/mol. The molecule has 0 bridgehead atoms. The van der Waals surface area contributed by atoms with Crippen molar-refractivity contribution in [3.63, 3.8) is 0 Å². The van der Waals surface area contributed by atoms with E-state index >= 15 is 0 Å². The van der Waals surface area contributed by atoms with Crippen molar-refractivity contribution in [2.24, 2.45) is 52.3 Å². The summed E-state index contributed by atoms with van der Waals surface area (Å²) in [5.41, 5.74) is 0.558. The fourth-order valence-corrected chi connectivity index (χ4v) is 9.19. The first-order valence-electron chi connectivity index (χ1n) is 12.6. The summed E-state index contributed by atoms with van der Waals surface area (Å²) in [5, 5.41) is 21.6. The summed E-state index contributed by atoms with van der Waals surface area (Å²) < 4.78 is 4.97. The van der Waals surface area contributed by atoms with Crippen molar-refractivity contribution < 1.29 is 19.7 Å². The molecule has 0 amide bonds. The van der Waals surface area contributed by atoms with Gasteiger partial charge in [0.15, 0.2) is 0 Å². The molecule has 11 atom stereocenters. The van der Waals surface area contributed by atoms with E-state index in [2.05, 4.69) is 20.8 Å². The lowest BCUT2D eigenvalue weighted by atomic mass is 9.43. The number of ether oxygens (including phenoxy) is 1. The van der Waals surface area contributed by atoms with Crippen molar-refractivity contribution in [3.8, 4) is 0 Å². The summed E-state index contributed by atoms with van der Waals surface area (Å²) in [6.07, 6.45) is 9.22. The minimum atomic E-state index is -0.217. The van der Waals surface area contributed by atoms with Gasteiger partial charge < -0.3 is 14.9 Å². The van der Waals surface area contributed by atoms with Gasteiger partial charge in [0.25, 0.3) is 0 Å². The van der Waals surface area contributed by atoms with Gasteiger partial charge in [-0.15, -0.1) is 0 Å². The molecule has 6 unspecified atom stereocenters. The van der Waals surface area contributed by atoms with Crippen LogP contribution in [0.4, 0.5) is 0 Å². The molecule has 0 radical (unpaired) electrons. The average molecular weight is 421 g/mol. The first-order valence-corrected chi connectivity index (χ1v) is 12.6. The summed E-state index contributed by atoms with van der Waals surface area (Å²) in [4.78, 5) is 12.0. The Morgan fingerprint density at radius 2 is 1.67 bits per heavy atom. The second-order valence-corrected chi connectivity index (χ2v) is 12.1. The molecule has 4 saturated carbocycles. The Labute approximate surface area is 183 Å². The third-order valence-corrected chi connectivity index (χ3v) is 10.7. The average Bonchev–Trinajstić information content (AvgIpc) is 3.05. The Hall–Kier alpha value is -0.610. The van der Waals surface area contributed by atoms with E-state index in [9.17, 15) is 15.0 Å². The summed E-state index contributed by atoms with van der Waals surface area (Å²) in [6, 6.07) is 0. The third kappa shape index (κ3) is 3.45. The van der Waals surface area contributed by atoms with Crippen molar-refractivity contribution in [3.05, 3.63) is 0 Å². The number of fused-ring (bicyclic) bond motifs is 5.